The van der Waals surface area contributed by atoms with Crippen molar-refractivity contribution < 1.29 is 9.53 Å². The van der Waals surface area contributed by atoms with Crippen molar-refractivity contribution in [2.24, 2.45) is 0 Å². The summed E-state index contributed by atoms with van der Waals surface area (Å²) < 4.78 is 5.68. The molecule has 0 saturated carbocycles. The molecule has 4 nitrogen and oxygen atoms in total. The Hall–Kier alpha value is -2.49. The Morgan fingerprint density at radius 1 is 1.23 bits per heavy atom. The van der Waals surface area contributed by atoms with Crippen LogP contribution < -0.4 is 15.4 Å². The molecule has 1 amide bonds. The largest absolute Gasteiger partial charge is 0.492 e. The van der Waals surface area contributed by atoms with E-state index >= 15 is 0 Å². The van der Waals surface area contributed by atoms with Crippen LogP contribution >= 0.6 is 0 Å². The second-order valence-corrected chi connectivity index (χ2v) is 5.46. The van der Waals surface area contributed by atoms with Crippen LogP contribution in [0.5, 0.6) is 5.75 Å². The van der Waals surface area contributed by atoms with Gasteiger partial charge in [0.1, 0.15) is 12.4 Å². The summed E-state index contributed by atoms with van der Waals surface area (Å²) in [6, 6.07) is 13.6. The van der Waals surface area contributed by atoms with Crippen LogP contribution in [-0.4, -0.2) is 19.1 Å². The van der Waals surface area contributed by atoms with E-state index in [-0.39, 0.29) is 5.91 Å². The van der Waals surface area contributed by atoms with E-state index in [4.69, 9.17) is 10.5 Å². The van der Waals surface area contributed by atoms with E-state index < -0.39 is 0 Å². The number of anilines is 2. The SMILES string of the molecule is CCc1ccc2c(c1)CC(=O)N2CCOc1cccc(N)c1. The molecule has 0 radical (unpaired) electrons. The number of carbonyl (C=O) groups excluding carboxylic acids is 1. The Balaban J connectivity index is 1.65. The Morgan fingerprint density at radius 2 is 2.09 bits per heavy atom. The molecule has 0 bridgehead atoms. The summed E-state index contributed by atoms with van der Waals surface area (Å²) in [4.78, 5) is 14.0. The molecule has 0 atom stereocenters. The number of nitrogen functional groups attached to an aromatic ring is 1. The van der Waals surface area contributed by atoms with Gasteiger partial charge in [-0.25, -0.2) is 0 Å². The van der Waals surface area contributed by atoms with Crippen LogP contribution in [0.4, 0.5) is 11.4 Å². The van der Waals surface area contributed by atoms with Crippen molar-refractivity contribution in [3.63, 3.8) is 0 Å². The van der Waals surface area contributed by atoms with Crippen molar-refractivity contribution in [2.75, 3.05) is 23.8 Å². The highest BCUT2D eigenvalue weighted by atomic mass is 16.5. The molecule has 4 heteroatoms. The topological polar surface area (TPSA) is 55.6 Å². The number of rotatable bonds is 5. The number of nitrogens with zero attached hydrogens (tertiary/aromatic N) is 1. The highest BCUT2D eigenvalue weighted by molar-refractivity contribution is 6.01. The minimum atomic E-state index is 0.138. The number of hydrogen-bond acceptors (Lipinski definition) is 3. The third-order valence-corrected chi connectivity index (χ3v) is 3.93. The summed E-state index contributed by atoms with van der Waals surface area (Å²) in [6.07, 6.45) is 1.47. The average Bonchev–Trinajstić information content (AvgIpc) is 2.82. The fourth-order valence-corrected chi connectivity index (χ4v) is 2.76. The number of hydrogen-bond donors (Lipinski definition) is 1. The van der Waals surface area contributed by atoms with Gasteiger partial charge in [0.15, 0.2) is 0 Å². The van der Waals surface area contributed by atoms with Gasteiger partial charge in [0.05, 0.1) is 13.0 Å². The van der Waals surface area contributed by atoms with Gasteiger partial charge < -0.3 is 15.4 Å². The van der Waals surface area contributed by atoms with Crippen LogP contribution in [0.3, 0.4) is 0 Å². The fraction of sp³-hybridized carbons (Fsp3) is 0.278. The molecule has 3 rings (SSSR count). The van der Waals surface area contributed by atoms with Crippen LogP contribution in [-0.2, 0) is 17.6 Å². The molecule has 0 aromatic heterocycles. The van der Waals surface area contributed by atoms with Crippen molar-refractivity contribution in [1.82, 2.24) is 0 Å². The lowest BCUT2D eigenvalue weighted by Gasteiger charge is -2.18. The maximum absolute atomic E-state index is 12.2. The van der Waals surface area contributed by atoms with Crippen molar-refractivity contribution in [1.29, 1.82) is 0 Å². The number of aryl methyl sites for hydroxylation is 1. The van der Waals surface area contributed by atoms with Gasteiger partial charge in [0.2, 0.25) is 5.91 Å². The summed E-state index contributed by atoms with van der Waals surface area (Å²) in [6.45, 7) is 3.12. The van der Waals surface area contributed by atoms with Crippen molar-refractivity contribution in [3.8, 4) is 5.75 Å². The lowest BCUT2D eigenvalue weighted by molar-refractivity contribution is -0.117. The Labute approximate surface area is 130 Å². The van der Waals surface area contributed by atoms with Gasteiger partial charge >= 0.3 is 0 Å². The molecular weight excluding hydrogens is 276 g/mol. The predicted octanol–water partition coefficient (Wildman–Crippen LogP) is 2.80. The van der Waals surface area contributed by atoms with E-state index in [0.717, 1.165) is 23.4 Å². The first-order valence-electron chi connectivity index (χ1n) is 7.58. The first-order valence-corrected chi connectivity index (χ1v) is 7.58. The first-order chi connectivity index (χ1) is 10.7. The summed E-state index contributed by atoms with van der Waals surface area (Å²) in [7, 11) is 0. The van der Waals surface area contributed by atoms with Crippen molar-refractivity contribution >= 4 is 17.3 Å². The van der Waals surface area contributed by atoms with Gasteiger partial charge in [-0.2, -0.15) is 0 Å². The Kier molecular flexibility index (Phi) is 4.00. The van der Waals surface area contributed by atoms with Crippen molar-refractivity contribution in [3.05, 3.63) is 53.6 Å². The molecule has 0 aliphatic carbocycles. The molecule has 1 aliphatic heterocycles. The molecule has 0 spiro atoms. The molecule has 114 valence electrons. The molecule has 0 fully saturated rings. The molecule has 22 heavy (non-hydrogen) atoms. The van der Waals surface area contributed by atoms with Crippen LogP contribution in [0.15, 0.2) is 42.5 Å². The number of benzene rings is 2. The van der Waals surface area contributed by atoms with Crippen LogP contribution in [0.1, 0.15) is 18.1 Å². The van der Waals surface area contributed by atoms with E-state index in [0.29, 0.717) is 25.3 Å². The first kappa shape index (κ1) is 14.4. The minimum Gasteiger partial charge on any atom is -0.492 e. The van der Waals surface area contributed by atoms with E-state index in [1.807, 2.05) is 24.3 Å². The highest BCUT2D eigenvalue weighted by Crippen LogP contribution is 2.29. The van der Waals surface area contributed by atoms with E-state index in [9.17, 15) is 4.79 Å². The summed E-state index contributed by atoms with van der Waals surface area (Å²) in [5.74, 6) is 0.868. The number of carbonyl (C=O) groups is 1. The summed E-state index contributed by atoms with van der Waals surface area (Å²) >= 11 is 0. The number of nitrogens with two attached hydrogens (primary N) is 1. The molecular formula is C18H20N2O2. The average molecular weight is 296 g/mol. The van der Waals surface area contributed by atoms with E-state index in [1.165, 1.54) is 5.56 Å². The zero-order valence-electron chi connectivity index (χ0n) is 12.7. The maximum Gasteiger partial charge on any atom is 0.231 e. The molecule has 2 aromatic rings. The number of fused-ring (bicyclic) bond motifs is 1. The smallest absolute Gasteiger partial charge is 0.231 e. The molecule has 2 N–H and O–H groups in total. The molecule has 1 heterocycles. The second kappa shape index (κ2) is 6.10. The van der Waals surface area contributed by atoms with Gasteiger partial charge in [-0.3, -0.25) is 4.79 Å². The van der Waals surface area contributed by atoms with Crippen LogP contribution in [0.2, 0.25) is 0 Å². The molecule has 0 unspecified atom stereocenters. The molecule has 1 aliphatic rings. The van der Waals surface area contributed by atoms with E-state index in [1.54, 1.807) is 11.0 Å². The zero-order chi connectivity index (χ0) is 15.5. The van der Waals surface area contributed by atoms with Gasteiger partial charge in [0, 0.05) is 17.4 Å². The summed E-state index contributed by atoms with van der Waals surface area (Å²) in [5, 5.41) is 0. The van der Waals surface area contributed by atoms with Gasteiger partial charge in [-0.1, -0.05) is 25.1 Å². The van der Waals surface area contributed by atoms with Gasteiger partial charge in [-0.15, -0.1) is 0 Å². The lowest BCUT2D eigenvalue weighted by Crippen LogP contribution is -2.31. The fourth-order valence-electron chi connectivity index (χ4n) is 2.76. The van der Waals surface area contributed by atoms with Gasteiger partial charge in [-0.05, 0) is 35.7 Å². The lowest BCUT2D eigenvalue weighted by atomic mass is 10.1. The number of ether oxygens (including phenoxy) is 1. The normalized spacial score (nSPS) is 13.3. The van der Waals surface area contributed by atoms with Gasteiger partial charge in [0.25, 0.3) is 0 Å². The standard InChI is InChI=1S/C18H20N2O2/c1-2-13-6-7-17-14(10-13)11-18(21)20(17)8-9-22-16-5-3-4-15(19)12-16/h3-7,10,12H,2,8-9,11,19H2,1H3. The third kappa shape index (κ3) is 2.91. The predicted molar refractivity (Wildman–Crippen MR) is 88.2 cm³/mol. The minimum absolute atomic E-state index is 0.138. The Bertz CT molecular complexity index is 697. The van der Waals surface area contributed by atoms with E-state index in [2.05, 4.69) is 19.1 Å². The van der Waals surface area contributed by atoms with Crippen LogP contribution in [0.25, 0.3) is 0 Å². The molecule has 0 saturated heterocycles. The number of amides is 1. The van der Waals surface area contributed by atoms with Crippen molar-refractivity contribution in [2.45, 2.75) is 19.8 Å². The third-order valence-electron chi connectivity index (χ3n) is 3.93. The Morgan fingerprint density at radius 3 is 2.86 bits per heavy atom. The highest BCUT2D eigenvalue weighted by Gasteiger charge is 2.26. The monoisotopic (exact) mass is 296 g/mol. The van der Waals surface area contributed by atoms with Crippen LogP contribution in [0, 0.1) is 0 Å². The maximum atomic E-state index is 12.2. The molecule has 2 aromatic carbocycles. The quantitative estimate of drug-likeness (QED) is 0.863. The summed E-state index contributed by atoms with van der Waals surface area (Å²) in [5.41, 5.74) is 9.79. The zero-order valence-corrected chi connectivity index (χ0v) is 12.7. The second-order valence-electron chi connectivity index (χ2n) is 5.46.